The van der Waals surface area contributed by atoms with E-state index >= 15 is 0 Å². The lowest BCUT2D eigenvalue weighted by molar-refractivity contribution is -0.117. The fraction of sp³-hybridized carbons (Fsp3) is 0.476. The summed E-state index contributed by atoms with van der Waals surface area (Å²) in [7, 11) is 0. The molecule has 3 aliphatic rings. The van der Waals surface area contributed by atoms with Crippen molar-refractivity contribution < 1.29 is 9.21 Å². The average Bonchev–Trinajstić information content (AvgIpc) is 3.27. The molecule has 10 heteroatoms. The van der Waals surface area contributed by atoms with Gasteiger partial charge in [-0.25, -0.2) is 9.97 Å². The number of nitrogens with one attached hydrogen (secondary N) is 3. The minimum absolute atomic E-state index is 0.153. The first kappa shape index (κ1) is 18.3. The Kier molecular flexibility index (Phi) is 4.36. The van der Waals surface area contributed by atoms with Crippen LogP contribution in [0.2, 0.25) is 0 Å². The summed E-state index contributed by atoms with van der Waals surface area (Å²) >= 11 is 0. The van der Waals surface area contributed by atoms with E-state index < -0.39 is 0 Å². The van der Waals surface area contributed by atoms with Gasteiger partial charge < -0.3 is 14.6 Å². The van der Waals surface area contributed by atoms with E-state index in [1.165, 1.54) is 31.0 Å². The largest absolute Gasteiger partial charge is 0.432 e. The van der Waals surface area contributed by atoms with Gasteiger partial charge >= 0.3 is 6.01 Å². The Bertz CT molecular complexity index is 1100. The SMILES string of the molecule is O=C(Nc1ncco1)[C@H]1CCCN1c1nc2c(c(Nc3cc(C4CC4)[nH]n3)n1)CCC2. The van der Waals surface area contributed by atoms with Crippen LogP contribution in [0.15, 0.2) is 22.9 Å². The summed E-state index contributed by atoms with van der Waals surface area (Å²) in [5, 5.41) is 13.7. The highest BCUT2D eigenvalue weighted by atomic mass is 16.4. The predicted octanol–water partition coefficient (Wildman–Crippen LogP) is 2.90. The Labute approximate surface area is 178 Å². The van der Waals surface area contributed by atoms with Crippen LogP contribution in [0.5, 0.6) is 0 Å². The first-order chi connectivity index (χ1) is 15.2. The highest BCUT2D eigenvalue weighted by Crippen LogP contribution is 2.40. The molecule has 10 nitrogen and oxygen atoms in total. The van der Waals surface area contributed by atoms with E-state index in [0.717, 1.165) is 61.5 Å². The summed E-state index contributed by atoms with van der Waals surface area (Å²) in [6, 6.07) is 1.92. The third-order valence-corrected chi connectivity index (χ3v) is 6.26. The summed E-state index contributed by atoms with van der Waals surface area (Å²) in [6.45, 7) is 0.732. The van der Waals surface area contributed by atoms with Crippen LogP contribution in [-0.2, 0) is 17.6 Å². The molecule has 4 heterocycles. The van der Waals surface area contributed by atoms with Gasteiger partial charge in [-0.05, 0) is 44.9 Å². The zero-order valence-electron chi connectivity index (χ0n) is 17.1. The molecule has 1 saturated heterocycles. The van der Waals surface area contributed by atoms with Crippen LogP contribution in [0.1, 0.15) is 55.0 Å². The molecule has 0 radical (unpaired) electrons. The minimum Gasteiger partial charge on any atom is -0.432 e. The first-order valence-electron chi connectivity index (χ1n) is 10.9. The molecule has 6 rings (SSSR count). The van der Waals surface area contributed by atoms with E-state index in [1.807, 2.05) is 4.90 Å². The number of amides is 1. The Hall–Kier alpha value is -3.43. The molecule has 3 aromatic rings. The second-order valence-corrected chi connectivity index (χ2v) is 8.44. The first-order valence-corrected chi connectivity index (χ1v) is 10.9. The molecule has 31 heavy (non-hydrogen) atoms. The summed E-state index contributed by atoms with van der Waals surface area (Å²) in [5.74, 6) is 2.62. The van der Waals surface area contributed by atoms with E-state index in [0.29, 0.717) is 11.9 Å². The van der Waals surface area contributed by atoms with Crippen molar-refractivity contribution in [1.29, 1.82) is 0 Å². The van der Waals surface area contributed by atoms with Crippen molar-refractivity contribution in [1.82, 2.24) is 25.1 Å². The van der Waals surface area contributed by atoms with Gasteiger partial charge in [0.25, 0.3) is 5.91 Å². The number of hydrogen-bond acceptors (Lipinski definition) is 8. The molecule has 0 spiro atoms. The number of aromatic nitrogens is 5. The third-order valence-electron chi connectivity index (χ3n) is 6.26. The second kappa shape index (κ2) is 7.36. The van der Waals surface area contributed by atoms with Crippen molar-refractivity contribution in [3.63, 3.8) is 0 Å². The molecule has 2 fully saturated rings. The van der Waals surface area contributed by atoms with Gasteiger partial charge in [0.1, 0.15) is 18.1 Å². The van der Waals surface area contributed by atoms with Gasteiger partial charge in [-0.15, -0.1) is 0 Å². The quantitative estimate of drug-likeness (QED) is 0.556. The van der Waals surface area contributed by atoms with E-state index in [1.54, 1.807) is 0 Å². The van der Waals surface area contributed by atoms with E-state index in [-0.39, 0.29) is 18.0 Å². The molecule has 1 aliphatic heterocycles. The van der Waals surface area contributed by atoms with Crippen LogP contribution in [-0.4, -0.2) is 43.6 Å². The van der Waals surface area contributed by atoms with Gasteiger partial charge in [0.15, 0.2) is 5.82 Å². The van der Waals surface area contributed by atoms with Gasteiger partial charge in [0.05, 0.1) is 11.9 Å². The highest BCUT2D eigenvalue weighted by Gasteiger charge is 2.34. The number of anilines is 4. The molecular formula is C21H24N8O2. The molecule has 160 valence electrons. The second-order valence-electron chi connectivity index (χ2n) is 8.44. The van der Waals surface area contributed by atoms with Crippen molar-refractivity contribution in [2.45, 2.75) is 56.9 Å². The number of H-pyrrole nitrogens is 1. The molecule has 1 atom stereocenters. The highest BCUT2D eigenvalue weighted by molar-refractivity contribution is 5.95. The molecular weight excluding hydrogens is 396 g/mol. The topological polar surface area (TPSA) is 125 Å². The predicted molar refractivity (Wildman–Crippen MR) is 113 cm³/mol. The minimum atomic E-state index is -0.356. The summed E-state index contributed by atoms with van der Waals surface area (Å²) in [4.78, 5) is 28.5. The smallest absolute Gasteiger partial charge is 0.301 e. The van der Waals surface area contributed by atoms with Gasteiger partial charge in [-0.2, -0.15) is 10.1 Å². The van der Waals surface area contributed by atoms with Crippen LogP contribution in [0.3, 0.4) is 0 Å². The number of aryl methyl sites for hydroxylation is 1. The zero-order chi connectivity index (χ0) is 20.8. The standard InChI is InChI=1S/C21H24N8O2/c30-19(26-21-22-8-10-31-21)16-5-2-9-29(16)20-23-14-4-1-3-13(14)18(25-20)24-17-11-15(27-28-17)12-6-7-12/h8,10-12,16H,1-7,9H2,(H,22,26,30)(H2,23,24,25,27,28)/t16-/m1/s1. The van der Waals surface area contributed by atoms with Crippen LogP contribution in [0.4, 0.5) is 23.6 Å². The van der Waals surface area contributed by atoms with E-state index in [9.17, 15) is 4.79 Å². The van der Waals surface area contributed by atoms with E-state index in [4.69, 9.17) is 14.4 Å². The Morgan fingerprint density at radius 2 is 2.13 bits per heavy atom. The summed E-state index contributed by atoms with van der Waals surface area (Å²) in [6.07, 6.45) is 9.96. The molecule has 3 N–H and O–H groups in total. The van der Waals surface area contributed by atoms with Crippen LogP contribution in [0, 0.1) is 0 Å². The number of oxazole rings is 1. The Balaban J connectivity index is 1.27. The third kappa shape index (κ3) is 3.51. The van der Waals surface area contributed by atoms with E-state index in [2.05, 4.69) is 31.9 Å². The number of carbonyl (C=O) groups excluding carboxylic acids is 1. The maximum Gasteiger partial charge on any atom is 0.301 e. The molecule has 0 bridgehead atoms. The van der Waals surface area contributed by atoms with Crippen molar-refractivity contribution >= 4 is 29.5 Å². The lowest BCUT2D eigenvalue weighted by Crippen LogP contribution is -2.40. The number of hydrogen-bond donors (Lipinski definition) is 3. The average molecular weight is 420 g/mol. The van der Waals surface area contributed by atoms with Crippen molar-refractivity contribution in [3.8, 4) is 0 Å². The summed E-state index contributed by atoms with van der Waals surface area (Å²) < 4.78 is 5.16. The van der Waals surface area contributed by atoms with Crippen molar-refractivity contribution in [2.24, 2.45) is 0 Å². The maximum absolute atomic E-state index is 12.8. The fourth-order valence-corrected chi connectivity index (χ4v) is 4.53. The number of fused-ring (bicyclic) bond motifs is 1. The monoisotopic (exact) mass is 420 g/mol. The molecule has 0 aromatic carbocycles. The maximum atomic E-state index is 12.8. The molecule has 1 saturated carbocycles. The normalized spacial score (nSPS) is 20.1. The van der Waals surface area contributed by atoms with Crippen molar-refractivity contribution in [2.75, 3.05) is 22.1 Å². The van der Waals surface area contributed by atoms with Gasteiger partial charge in [-0.1, -0.05) is 0 Å². The number of nitrogens with zero attached hydrogens (tertiary/aromatic N) is 5. The molecule has 0 unspecified atom stereocenters. The lowest BCUT2D eigenvalue weighted by Gasteiger charge is -2.24. The van der Waals surface area contributed by atoms with Crippen LogP contribution < -0.4 is 15.5 Å². The zero-order valence-corrected chi connectivity index (χ0v) is 17.1. The van der Waals surface area contributed by atoms with Gasteiger partial charge in [0.2, 0.25) is 5.95 Å². The number of aromatic amines is 1. The van der Waals surface area contributed by atoms with Crippen LogP contribution >= 0.6 is 0 Å². The van der Waals surface area contributed by atoms with Crippen LogP contribution in [0.25, 0.3) is 0 Å². The molecule has 1 amide bonds. The fourth-order valence-electron chi connectivity index (χ4n) is 4.53. The lowest BCUT2D eigenvalue weighted by atomic mass is 10.2. The number of rotatable bonds is 6. The van der Waals surface area contributed by atoms with Gasteiger partial charge in [-0.3, -0.25) is 15.2 Å². The Morgan fingerprint density at radius 3 is 2.97 bits per heavy atom. The van der Waals surface area contributed by atoms with Gasteiger partial charge in [0, 0.05) is 29.8 Å². The number of carbonyl (C=O) groups is 1. The Morgan fingerprint density at radius 1 is 1.19 bits per heavy atom. The molecule has 2 aliphatic carbocycles. The van der Waals surface area contributed by atoms with Crippen molar-refractivity contribution in [3.05, 3.63) is 35.5 Å². The summed E-state index contributed by atoms with van der Waals surface area (Å²) in [5.41, 5.74) is 3.39. The molecule has 3 aromatic heterocycles.